The van der Waals surface area contributed by atoms with E-state index in [0.29, 0.717) is 10.9 Å². The van der Waals surface area contributed by atoms with Gasteiger partial charge >= 0.3 is 0 Å². The van der Waals surface area contributed by atoms with Crippen molar-refractivity contribution >= 4 is 28.3 Å². The van der Waals surface area contributed by atoms with Gasteiger partial charge in [0, 0.05) is 30.1 Å². The van der Waals surface area contributed by atoms with Gasteiger partial charge in [-0.2, -0.15) is 0 Å². The molecule has 1 aromatic heterocycles. The average Bonchev–Trinajstić information content (AvgIpc) is 2.52. The highest BCUT2D eigenvalue weighted by Crippen LogP contribution is 2.28. The first kappa shape index (κ1) is 14.5. The molecule has 1 unspecified atom stereocenters. The molecule has 0 radical (unpaired) electrons. The monoisotopic (exact) mass is 305 g/mol. The number of hydrogen-bond acceptors (Lipinski definition) is 4. The summed E-state index contributed by atoms with van der Waals surface area (Å²) in [5.74, 6) is 1.59. The van der Waals surface area contributed by atoms with Crippen molar-refractivity contribution in [2.75, 3.05) is 31.2 Å². The molecule has 1 fully saturated rings. The summed E-state index contributed by atoms with van der Waals surface area (Å²) in [5, 5.41) is 1.78. The maximum Gasteiger partial charge on any atom is 0.139 e. The summed E-state index contributed by atoms with van der Waals surface area (Å²) >= 11 is 6.05. The van der Waals surface area contributed by atoms with E-state index in [-0.39, 0.29) is 0 Å². The number of piperidine rings is 1. The summed E-state index contributed by atoms with van der Waals surface area (Å²) in [5.41, 5.74) is 0.902. The number of halogens is 1. The minimum Gasteiger partial charge on any atom is -0.381 e. The molecule has 112 valence electrons. The Labute approximate surface area is 130 Å². The lowest BCUT2D eigenvalue weighted by molar-refractivity contribution is 0.104. The van der Waals surface area contributed by atoms with E-state index in [1.165, 1.54) is 12.8 Å². The maximum atomic E-state index is 6.05. The molecule has 1 saturated heterocycles. The van der Waals surface area contributed by atoms with Gasteiger partial charge in [-0.15, -0.1) is 0 Å². The van der Waals surface area contributed by atoms with Gasteiger partial charge in [-0.1, -0.05) is 11.6 Å². The van der Waals surface area contributed by atoms with Crippen LogP contribution < -0.4 is 4.90 Å². The quantitative estimate of drug-likeness (QED) is 0.866. The van der Waals surface area contributed by atoms with Crippen molar-refractivity contribution in [1.82, 2.24) is 9.97 Å². The first-order valence-electron chi connectivity index (χ1n) is 7.51. The zero-order chi connectivity index (χ0) is 14.7. The molecular weight excluding hydrogens is 286 g/mol. The molecular formula is C16H20ClN3O. The fraction of sp³-hybridized carbons (Fsp3) is 0.500. The lowest BCUT2D eigenvalue weighted by Gasteiger charge is -2.33. The van der Waals surface area contributed by atoms with Gasteiger partial charge in [-0.3, -0.25) is 0 Å². The van der Waals surface area contributed by atoms with E-state index in [4.69, 9.17) is 16.3 Å². The van der Waals surface area contributed by atoms with Crippen molar-refractivity contribution < 1.29 is 4.74 Å². The zero-order valence-corrected chi connectivity index (χ0v) is 13.0. The van der Waals surface area contributed by atoms with E-state index in [9.17, 15) is 0 Å². The lowest BCUT2D eigenvalue weighted by atomic mass is 9.98. The highest BCUT2D eigenvalue weighted by molar-refractivity contribution is 6.31. The number of aromatic nitrogens is 2. The summed E-state index contributed by atoms with van der Waals surface area (Å²) in [6, 6.07) is 5.81. The number of fused-ring (bicyclic) bond motifs is 1. The number of hydrogen-bond donors (Lipinski definition) is 0. The minimum atomic E-state index is 0.580. The molecule has 0 bridgehead atoms. The van der Waals surface area contributed by atoms with Crippen LogP contribution in [0.25, 0.3) is 10.9 Å². The van der Waals surface area contributed by atoms with Crippen molar-refractivity contribution in [2.24, 2.45) is 5.92 Å². The van der Waals surface area contributed by atoms with Gasteiger partial charge in [0.05, 0.1) is 12.1 Å². The van der Waals surface area contributed by atoms with Crippen molar-refractivity contribution in [3.8, 4) is 0 Å². The lowest BCUT2D eigenvalue weighted by Crippen LogP contribution is -2.37. The van der Waals surface area contributed by atoms with Crippen molar-refractivity contribution in [2.45, 2.75) is 19.8 Å². The molecule has 0 spiro atoms. The van der Waals surface area contributed by atoms with E-state index < -0.39 is 0 Å². The van der Waals surface area contributed by atoms with Gasteiger partial charge < -0.3 is 9.64 Å². The summed E-state index contributed by atoms with van der Waals surface area (Å²) < 4.78 is 5.58. The highest BCUT2D eigenvalue weighted by Gasteiger charge is 2.22. The molecule has 3 rings (SSSR count). The van der Waals surface area contributed by atoms with Gasteiger partial charge in [-0.25, -0.2) is 9.97 Å². The Morgan fingerprint density at radius 2 is 2.29 bits per heavy atom. The highest BCUT2D eigenvalue weighted by atomic mass is 35.5. The molecule has 0 aliphatic carbocycles. The third-order valence-electron chi connectivity index (χ3n) is 3.95. The zero-order valence-electron chi connectivity index (χ0n) is 12.3. The van der Waals surface area contributed by atoms with Crippen LogP contribution in [-0.4, -0.2) is 36.3 Å². The summed E-state index contributed by atoms with van der Waals surface area (Å²) in [7, 11) is 0. The first-order chi connectivity index (χ1) is 10.3. The third kappa shape index (κ3) is 3.27. The normalized spacial score (nSPS) is 19.1. The molecule has 0 saturated carbocycles. The van der Waals surface area contributed by atoms with E-state index in [0.717, 1.165) is 43.0 Å². The molecule has 2 aromatic rings. The van der Waals surface area contributed by atoms with Gasteiger partial charge in [0.15, 0.2) is 0 Å². The topological polar surface area (TPSA) is 38.2 Å². The number of rotatable bonds is 4. The van der Waals surface area contributed by atoms with Gasteiger partial charge in [0.2, 0.25) is 0 Å². The van der Waals surface area contributed by atoms with Crippen LogP contribution in [-0.2, 0) is 4.74 Å². The van der Waals surface area contributed by atoms with Crippen LogP contribution in [0.2, 0.25) is 5.02 Å². The second-order valence-electron chi connectivity index (χ2n) is 5.47. The maximum absolute atomic E-state index is 6.05. The predicted octanol–water partition coefficient (Wildman–Crippen LogP) is 3.54. The Morgan fingerprint density at radius 3 is 3.14 bits per heavy atom. The van der Waals surface area contributed by atoms with Crippen LogP contribution in [0.3, 0.4) is 0 Å². The number of ether oxygens (including phenoxy) is 1. The molecule has 1 aliphatic rings. The Kier molecular flexibility index (Phi) is 4.56. The molecule has 0 amide bonds. The van der Waals surface area contributed by atoms with E-state index in [1.807, 2.05) is 25.1 Å². The Bertz CT molecular complexity index is 619. The average molecular weight is 306 g/mol. The van der Waals surface area contributed by atoms with E-state index in [1.54, 1.807) is 6.33 Å². The van der Waals surface area contributed by atoms with Crippen molar-refractivity contribution in [3.05, 3.63) is 29.5 Å². The Hall–Kier alpha value is -1.39. The molecule has 0 N–H and O–H groups in total. The first-order valence-corrected chi connectivity index (χ1v) is 7.88. The van der Waals surface area contributed by atoms with Gasteiger partial charge in [-0.05, 0) is 43.9 Å². The molecule has 1 aliphatic heterocycles. The molecule has 1 atom stereocenters. The second-order valence-corrected chi connectivity index (χ2v) is 5.91. The van der Waals surface area contributed by atoms with Gasteiger partial charge in [0.1, 0.15) is 12.1 Å². The van der Waals surface area contributed by atoms with Crippen LogP contribution in [0.4, 0.5) is 5.82 Å². The van der Waals surface area contributed by atoms with E-state index >= 15 is 0 Å². The van der Waals surface area contributed by atoms with Gasteiger partial charge in [0.25, 0.3) is 0 Å². The number of anilines is 1. The standard InChI is InChI=1S/C16H20ClN3O/c1-2-21-10-12-4-3-7-20(9-12)16-14-6-5-13(17)8-15(14)18-11-19-16/h5-6,8,11-12H,2-4,7,9-10H2,1H3. The van der Waals surface area contributed by atoms with Crippen LogP contribution in [0, 0.1) is 5.92 Å². The molecule has 4 nitrogen and oxygen atoms in total. The van der Waals surface area contributed by atoms with Crippen LogP contribution in [0.5, 0.6) is 0 Å². The van der Waals surface area contributed by atoms with Crippen LogP contribution in [0.1, 0.15) is 19.8 Å². The summed E-state index contributed by atoms with van der Waals surface area (Å²) in [4.78, 5) is 11.2. The molecule has 5 heteroatoms. The molecule has 21 heavy (non-hydrogen) atoms. The smallest absolute Gasteiger partial charge is 0.139 e. The van der Waals surface area contributed by atoms with E-state index in [2.05, 4.69) is 14.9 Å². The van der Waals surface area contributed by atoms with Crippen LogP contribution in [0.15, 0.2) is 24.5 Å². The fourth-order valence-corrected chi connectivity index (χ4v) is 3.11. The van der Waals surface area contributed by atoms with Crippen molar-refractivity contribution in [3.63, 3.8) is 0 Å². The number of nitrogens with zero attached hydrogens (tertiary/aromatic N) is 3. The van der Waals surface area contributed by atoms with Crippen molar-refractivity contribution in [1.29, 1.82) is 0 Å². The molecule has 2 heterocycles. The fourth-order valence-electron chi connectivity index (χ4n) is 2.95. The largest absolute Gasteiger partial charge is 0.381 e. The second kappa shape index (κ2) is 6.58. The number of benzene rings is 1. The Morgan fingerprint density at radius 1 is 1.38 bits per heavy atom. The summed E-state index contributed by atoms with van der Waals surface area (Å²) in [6.45, 7) is 5.70. The van der Waals surface area contributed by atoms with Crippen LogP contribution >= 0.6 is 11.6 Å². The minimum absolute atomic E-state index is 0.580. The SMILES string of the molecule is CCOCC1CCCN(c2ncnc3cc(Cl)ccc23)C1. The third-order valence-corrected chi connectivity index (χ3v) is 4.19. The Balaban J connectivity index is 1.86. The predicted molar refractivity (Wildman–Crippen MR) is 86.0 cm³/mol. The summed E-state index contributed by atoms with van der Waals surface area (Å²) in [6.07, 6.45) is 4.03. The molecule has 1 aromatic carbocycles.